The number of nitrogens with one attached hydrogen (secondary N) is 1. The first-order valence-electron chi connectivity index (χ1n) is 6.03. The monoisotopic (exact) mass is 261 g/mol. The average Bonchev–Trinajstić information content (AvgIpc) is 2.48. The van der Waals surface area contributed by atoms with Crippen molar-refractivity contribution in [3.63, 3.8) is 0 Å². The third kappa shape index (κ3) is 2.65. The summed E-state index contributed by atoms with van der Waals surface area (Å²) in [7, 11) is 1.26. The van der Waals surface area contributed by atoms with Gasteiger partial charge in [-0.15, -0.1) is 0 Å². The minimum atomic E-state index is -0.674. The zero-order valence-electron chi connectivity index (χ0n) is 10.9. The number of esters is 1. The maximum Gasteiger partial charge on any atom is 0.306 e. The lowest BCUT2D eigenvalue weighted by Gasteiger charge is -2.10. The maximum absolute atomic E-state index is 12.2. The zero-order valence-corrected chi connectivity index (χ0v) is 10.9. The van der Waals surface area contributed by atoms with Crippen LogP contribution in [0.1, 0.15) is 28.8 Å². The Hall–Kier alpha value is -2.17. The van der Waals surface area contributed by atoms with Gasteiger partial charge in [0, 0.05) is 12.0 Å². The third-order valence-corrected chi connectivity index (χ3v) is 3.25. The van der Waals surface area contributed by atoms with E-state index >= 15 is 0 Å². The number of rotatable bonds is 2. The molecule has 5 nitrogen and oxygen atoms in total. The highest BCUT2D eigenvalue weighted by Gasteiger charge is 2.31. The average molecular weight is 261 g/mol. The molecule has 1 heterocycles. The lowest BCUT2D eigenvalue weighted by molar-refractivity contribution is -0.143. The van der Waals surface area contributed by atoms with Gasteiger partial charge in [-0.05, 0) is 18.6 Å². The van der Waals surface area contributed by atoms with Crippen LogP contribution >= 0.6 is 0 Å². The Balaban J connectivity index is 2.31. The van der Waals surface area contributed by atoms with E-state index in [0.717, 1.165) is 5.56 Å². The van der Waals surface area contributed by atoms with Crippen LogP contribution in [0.2, 0.25) is 0 Å². The van der Waals surface area contributed by atoms with Gasteiger partial charge in [0.15, 0.2) is 5.78 Å². The molecular weight excluding hydrogens is 246 g/mol. The Bertz CT molecular complexity index is 550. The number of carbonyl (C=O) groups is 3. The first-order chi connectivity index (χ1) is 9.02. The van der Waals surface area contributed by atoms with Crippen molar-refractivity contribution in [3.8, 4) is 0 Å². The lowest BCUT2D eigenvalue weighted by Crippen LogP contribution is -2.25. The summed E-state index contributed by atoms with van der Waals surface area (Å²) in [6.07, 6.45) is -0.0557. The number of ether oxygens (including phenoxy) is 1. The highest BCUT2D eigenvalue weighted by atomic mass is 16.5. The van der Waals surface area contributed by atoms with Crippen molar-refractivity contribution in [1.29, 1.82) is 0 Å². The summed E-state index contributed by atoms with van der Waals surface area (Å²) in [6.45, 7) is 1.82. The highest BCUT2D eigenvalue weighted by Crippen LogP contribution is 2.28. The number of hydrogen-bond acceptors (Lipinski definition) is 4. The Morgan fingerprint density at radius 3 is 2.84 bits per heavy atom. The zero-order chi connectivity index (χ0) is 14.0. The fourth-order valence-electron chi connectivity index (χ4n) is 2.24. The fourth-order valence-corrected chi connectivity index (χ4v) is 2.24. The normalized spacial score (nSPS) is 18.3. The van der Waals surface area contributed by atoms with Crippen LogP contribution < -0.4 is 5.32 Å². The van der Waals surface area contributed by atoms with Crippen molar-refractivity contribution >= 4 is 23.3 Å². The van der Waals surface area contributed by atoms with Crippen molar-refractivity contribution in [2.75, 3.05) is 12.4 Å². The van der Waals surface area contributed by atoms with E-state index in [1.807, 2.05) is 13.0 Å². The molecule has 0 aliphatic carbocycles. The SMILES string of the molecule is COC(=O)C[C@H]1CC(=O)c2c(C)cccc2NC1=O. The minimum absolute atomic E-state index is 0.0266. The molecule has 1 aromatic carbocycles. The van der Waals surface area contributed by atoms with Crippen molar-refractivity contribution in [3.05, 3.63) is 29.3 Å². The fraction of sp³-hybridized carbons (Fsp3) is 0.357. The predicted molar refractivity (Wildman–Crippen MR) is 68.9 cm³/mol. The van der Waals surface area contributed by atoms with Crippen LogP contribution in [-0.2, 0) is 14.3 Å². The van der Waals surface area contributed by atoms with Gasteiger partial charge in [-0.3, -0.25) is 14.4 Å². The minimum Gasteiger partial charge on any atom is -0.469 e. The first kappa shape index (κ1) is 13.3. The molecule has 1 aliphatic rings. The molecule has 1 aromatic rings. The number of fused-ring (bicyclic) bond motifs is 1. The molecule has 1 aliphatic heterocycles. The molecule has 1 amide bonds. The van der Waals surface area contributed by atoms with Gasteiger partial charge >= 0.3 is 5.97 Å². The van der Waals surface area contributed by atoms with Gasteiger partial charge in [-0.25, -0.2) is 0 Å². The second-order valence-electron chi connectivity index (χ2n) is 4.59. The Kier molecular flexibility index (Phi) is 3.64. The largest absolute Gasteiger partial charge is 0.469 e. The molecule has 0 saturated carbocycles. The summed E-state index contributed by atoms with van der Waals surface area (Å²) in [4.78, 5) is 35.5. The number of amides is 1. The molecule has 0 bridgehead atoms. The molecule has 100 valence electrons. The van der Waals surface area contributed by atoms with E-state index in [2.05, 4.69) is 10.1 Å². The number of ketones is 1. The van der Waals surface area contributed by atoms with Crippen LogP contribution in [0, 0.1) is 12.8 Å². The van der Waals surface area contributed by atoms with Gasteiger partial charge < -0.3 is 10.1 Å². The van der Waals surface area contributed by atoms with E-state index in [1.54, 1.807) is 12.1 Å². The number of benzene rings is 1. The number of carbonyl (C=O) groups excluding carboxylic acids is 3. The molecule has 0 radical (unpaired) electrons. The lowest BCUT2D eigenvalue weighted by atomic mass is 9.94. The topological polar surface area (TPSA) is 72.5 Å². The van der Waals surface area contributed by atoms with Crippen LogP contribution in [0.5, 0.6) is 0 Å². The number of aryl methyl sites for hydroxylation is 1. The van der Waals surface area contributed by atoms with Crippen molar-refractivity contribution in [1.82, 2.24) is 0 Å². The molecule has 0 spiro atoms. The van der Waals surface area contributed by atoms with Crippen LogP contribution in [0.3, 0.4) is 0 Å². The summed E-state index contributed by atoms with van der Waals surface area (Å²) in [5.41, 5.74) is 1.87. The van der Waals surface area contributed by atoms with E-state index in [1.165, 1.54) is 7.11 Å². The summed E-state index contributed by atoms with van der Waals surface area (Å²) >= 11 is 0. The van der Waals surface area contributed by atoms with Gasteiger partial charge in [0.25, 0.3) is 0 Å². The number of Topliss-reactive ketones (excluding diaryl/α,β-unsaturated/α-hetero) is 1. The summed E-state index contributed by atoms with van der Waals surface area (Å²) in [6, 6.07) is 5.30. The smallest absolute Gasteiger partial charge is 0.306 e. The van der Waals surface area contributed by atoms with Crippen molar-refractivity contribution in [2.24, 2.45) is 5.92 Å². The third-order valence-electron chi connectivity index (χ3n) is 3.25. The maximum atomic E-state index is 12.2. The van der Waals surface area contributed by atoms with Crippen LogP contribution in [0.4, 0.5) is 5.69 Å². The van der Waals surface area contributed by atoms with Crippen LogP contribution in [0.25, 0.3) is 0 Å². The summed E-state index contributed by atoms with van der Waals surface area (Å²) in [5, 5.41) is 2.71. The molecule has 1 atom stereocenters. The molecule has 5 heteroatoms. The molecule has 0 aromatic heterocycles. The molecule has 0 unspecified atom stereocenters. The summed E-state index contributed by atoms with van der Waals surface area (Å²) in [5.74, 6) is -1.61. The highest BCUT2D eigenvalue weighted by molar-refractivity contribution is 6.11. The van der Waals surface area contributed by atoms with Crippen LogP contribution in [0.15, 0.2) is 18.2 Å². The molecule has 2 rings (SSSR count). The standard InChI is InChI=1S/C14H15NO4/c1-8-4-3-5-10-13(8)11(16)6-9(14(18)15-10)7-12(17)19-2/h3-5,9H,6-7H2,1-2H3,(H,15,18)/t9-/m1/s1. The Labute approximate surface area is 110 Å². The van der Waals surface area contributed by atoms with E-state index in [4.69, 9.17) is 0 Å². The quantitative estimate of drug-likeness (QED) is 0.822. The van der Waals surface area contributed by atoms with Crippen LogP contribution in [-0.4, -0.2) is 24.8 Å². The molecular formula is C14H15NO4. The van der Waals surface area contributed by atoms with Crippen molar-refractivity contribution in [2.45, 2.75) is 19.8 Å². The number of methoxy groups -OCH3 is 1. The summed E-state index contributed by atoms with van der Waals surface area (Å²) < 4.78 is 4.55. The van der Waals surface area contributed by atoms with E-state index < -0.39 is 11.9 Å². The second kappa shape index (κ2) is 5.22. The van der Waals surface area contributed by atoms with Gasteiger partial charge in [0.05, 0.1) is 25.1 Å². The molecule has 0 fully saturated rings. The first-order valence-corrected chi connectivity index (χ1v) is 6.03. The van der Waals surface area contributed by atoms with E-state index in [9.17, 15) is 14.4 Å². The predicted octanol–water partition coefficient (Wildman–Crippen LogP) is 1.70. The molecule has 1 N–H and O–H groups in total. The van der Waals surface area contributed by atoms with E-state index in [-0.39, 0.29) is 24.5 Å². The van der Waals surface area contributed by atoms with Gasteiger partial charge in [-0.2, -0.15) is 0 Å². The second-order valence-corrected chi connectivity index (χ2v) is 4.59. The molecule has 19 heavy (non-hydrogen) atoms. The number of anilines is 1. The van der Waals surface area contributed by atoms with Gasteiger partial charge in [0.1, 0.15) is 0 Å². The Morgan fingerprint density at radius 1 is 1.42 bits per heavy atom. The number of hydrogen-bond donors (Lipinski definition) is 1. The van der Waals surface area contributed by atoms with Gasteiger partial charge in [0.2, 0.25) is 5.91 Å². The van der Waals surface area contributed by atoms with Gasteiger partial charge in [-0.1, -0.05) is 12.1 Å². The molecule has 0 saturated heterocycles. The van der Waals surface area contributed by atoms with E-state index in [0.29, 0.717) is 11.3 Å². The van der Waals surface area contributed by atoms with Crippen molar-refractivity contribution < 1.29 is 19.1 Å². The Morgan fingerprint density at radius 2 is 2.16 bits per heavy atom.